The maximum absolute atomic E-state index is 12.0. The predicted octanol–water partition coefficient (Wildman–Crippen LogP) is 12.0. The molecule has 0 fully saturated rings. The van der Waals surface area contributed by atoms with Crippen LogP contribution in [0.2, 0.25) is 0 Å². The molecule has 0 spiro atoms. The molecule has 24 bridgehead atoms. The zero-order valence-electron chi connectivity index (χ0n) is 37.1. The van der Waals surface area contributed by atoms with Gasteiger partial charge >= 0.3 is 0 Å². The van der Waals surface area contributed by atoms with E-state index in [0.717, 1.165) is 66.8 Å². The molecule has 29 aliphatic carbocycles. The smallest absolute Gasteiger partial charge is 0.119 e. The van der Waals surface area contributed by atoms with E-state index in [1.54, 1.807) is 0 Å². The standard InChI is InChI=1S/C63H42O6/c64-52-22-46-41-17-29(52)14-31-19-43-49(25-55(31)67)63-39-12-6-5-11-38(39)61(43)51-27-57(69)33(21-45(51)63)15-32-20-44-50(26-56(32)68)60-36-9-3-4-10-37(36)62(44)48-24-54(66)30(18-42(48)60)13-28-16-40-47(23-53(28)65)59(41)35-8-2-1-7-34(35)58(40)46/h1-12,16-27,58-69H,13-15H2. The molecule has 6 nitrogen and oxygen atoms in total. The van der Waals surface area contributed by atoms with Crippen LogP contribution >= 0.6 is 0 Å². The highest BCUT2D eigenvalue weighted by atomic mass is 16.3. The first-order valence-corrected chi connectivity index (χ1v) is 24.1. The van der Waals surface area contributed by atoms with Crippen LogP contribution in [0, 0.1) is 0 Å². The van der Waals surface area contributed by atoms with E-state index in [1.807, 2.05) is 36.4 Å². The zero-order valence-corrected chi connectivity index (χ0v) is 37.1. The number of rotatable bonds is 0. The first-order chi connectivity index (χ1) is 33.7. The van der Waals surface area contributed by atoms with Gasteiger partial charge in [0.05, 0.1) is 0 Å². The number of hydrogen-bond donors (Lipinski definition) is 6. The van der Waals surface area contributed by atoms with Crippen LogP contribution in [-0.4, -0.2) is 30.6 Å². The molecule has 6 unspecified atom stereocenters. The van der Waals surface area contributed by atoms with Gasteiger partial charge in [0.1, 0.15) is 34.5 Å². The highest BCUT2D eigenvalue weighted by molar-refractivity contribution is 5.75. The van der Waals surface area contributed by atoms with Gasteiger partial charge in [-0.25, -0.2) is 0 Å². The van der Waals surface area contributed by atoms with Crippen LogP contribution in [0.5, 0.6) is 34.5 Å². The van der Waals surface area contributed by atoms with Crippen LogP contribution in [-0.2, 0) is 19.3 Å². The van der Waals surface area contributed by atoms with Crippen molar-refractivity contribution in [2.75, 3.05) is 0 Å². The summed E-state index contributed by atoms with van der Waals surface area (Å²) in [6.45, 7) is 0. The Hall–Kier alpha value is -8.22. The van der Waals surface area contributed by atoms with Crippen molar-refractivity contribution < 1.29 is 30.6 Å². The third-order valence-electron chi connectivity index (χ3n) is 17.4. The molecule has 38 rings (SSSR count). The monoisotopic (exact) mass is 894 g/mol. The normalized spacial score (nSPS) is 21.2. The largest absolute Gasteiger partial charge is 0.508 e. The molecule has 9 aromatic rings. The summed E-state index contributed by atoms with van der Waals surface area (Å²) in [5.74, 6) is -0.152. The molecule has 6 heteroatoms. The van der Waals surface area contributed by atoms with E-state index in [9.17, 15) is 30.6 Å². The van der Waals surface area contributed by atoms with E-state index in [-0.39, 0.29) is 70.0 Å². The number of phenols is 6. The van der Waals surface area contributed by atoms with Crippen molar-refractivity contribution in [3.05, 3.63) is 279 Å². The molecule has 0 saturated heterocycles. The molecule has 69 heavy (non-hydrogen) atoms. The van der Waals surface area contributed by atoms with Crippen molar-refractivity contribution in [3.8, 4) is 34.5 Å². The van der Waals surface area contributed by atoms with Crippen LogP contribution < -0.4 is 0 Å². The average Bonchev–Trinajstić information content (AvgIpc) is 3.34. The predicted molar refractivity (Wildman–Crippen MR) is 262 cm³/mol. The lowest BCUT2D eigenvalue weighted by Gasteiger charge is -2.43. The van der Waals surface area contributed by atoms with Crippen molar-refractivity contribution in [3.63, 3.8) is 0 Å². The van der Waals surface area contributed by atoms with Crippen molar-refractivity contribution in [1.29, 1.82) is 0 Å². The minimum Gasteiger partial charge on any atom is -0.508 e. The Morgan fingerprint density at radius 2 is 0.348 bits per heavy atom. The van der Waals surface area contributed by atoms with Gasteiger partial charge in [-0.3, -0.25) is 0 Å². The van der Waals surface area contributed by atoms with Gasteiger partial charge < -0.3 is 30.6 Å². The van der Waals surface area contributed by atoms with Crippen molar-refractivity contribution in [1.82, 2.24) is 0 Å². The summed E-state index contributed by atoms with van der Waals surface area (Å²) in [4.78, 5) is 0. The third-order valence-corrected chi connectivity index (χ3v) is 17.4. The molecule has 6 atom stereocenters. The molecule has 0 saturated carbocycles. The lowest BCUT2D eigenvalue weighted by Crippen LogP contribution is -2.28. The molecule has 9 aromatic carbocycles. The molecule has 330 valence electrons. The van der Waals surface area contributed by atoms with Crippen LogP contribution in [0.4, 0.5) is 0 Å². The van der Waals surface area contributed by atoms with Gasteiger partial charge in [-0.15, -0.1) is 0 Å². The number of phenolic OH excluding ortho intramolecular Hbond substituents is 6. The van der Waals surface area contributed by atoms with Gasteiger partial charge in [0.25, 0.3) is 0 Å². The molecular formula is C63H42O6. The molecule has 6 N–H and O–H groups in total. The van der Waals surface area contributed by atoms with Crippen LogP contribution in [0.25, 0.3) is 0 Å². The summed E-state index contributed by atoms with van der Waals surface area (Å²) in [7, 11) is 0. The Bertz CT molecular complexity index is 3250. The van der Waals surface area contributed by atoms with Crippen LogP contribution in [0.3, 0.4) is 0 Å². The van der Waals surface area contributed by atoms with Gasteiger partial charge in [0, 0.05) is 54.8 Å². The first-order valence-electron chi connectivity index (χ1n) is 24.1. The van der Waals surface area contributed by atoms with E-state index >= 15 is 0 Å². The van der Waals surface area contributed by atoms with Gasteiger partial charge in [-0.1, -0.05) is 109 Å². The topological polar surface area (TPSA) is 121 Å². The third kappa shape index (κ3) is 4.76. The maximum Gasteiger partial charge on any atom is 0.119 e. The first kappa shape index (κ1) is 37.8. The molecule has 0 radical (unpaired) electrons. The maximum atomic E-state index is 12.0. The summed E-state index contributed by atoms with van der Waals surface area (Å²) in [6.07, 6.45) is 0.892. The van der Waals surface area contributed by atoms with E-state index in [1.165, 1.54) is 33.4 Å². The van der Waals surface area contributed by atoms with Crippen LogP contribution in [0.15, 0.2) is 146 Å². The number of hydrogen-bond acceptors (Lipinski definition) is 6. The number of aromatic hydroxyl groups is 6. The lowest BCUT2D eigenvalue weighted by atomic mass is 9.60. The highest BCUT2D eigenvalue weighted by Crippen LogP contribution is 2.62. The summed E-state index contributed by atoms with van der Waals surface area (Å²) in [6, 6.07) is 49.7. The van der Waals surface area contributed by atoms with E-state index < -0.39 is 0 Å². The van der Waals surface area contributed by atoms with Crippen molar-refractivity contribution >= 4 is 0 Å². The van der Waals surface area contributed by atoms with Crippen LogP contribution in [0.1, 0.15) is 169 Å². The fraction of sp³-hybridized carbons (Fsp3) is 0.143. The van der Waals surface area contributed by atoms with E-state index in [4.69, 9.17) is 0 Å². The minimum absolute atomic E-state index is 0.168. The summed E-state index contributed by atoms with van der Waals surface area (Å²) in [5.41, 5.74) is 23.9. The SMILES string of the molecule is Oc1cc2c3cc1Cc1cc4c(cc1O)C1c5ccccc5C4c4cc(O)c(cc41)Cc1cc4c(cc1O)C1c5ccccc5C4c4cc(O)c(cc41)Cc1cc4c(cc1O)C3c1ccccc1C24. The Balaban J connectivity index is 0.943. The zero-order chi connectivity index (χ0) is 45.9. The Labute approximate surface area is 397 Å². The quantitative estimate of drug-likeness (QED) is 0.0902. The molecule has 29 aliphatic rings. The Morgan fingerprint density at radius 3 is 0.507 bits per heavy atom. The molecule has 0 heterocycles. The summed E-state index contributed by atoms with van der Waals surface area (Å²) >= 11 is 0. The average molecular weight is 895 g/mol. The summed E-state index contributed by atoms with van der Waals surface area (Å²) < 4.78 is 0. The lowest BCUT2D eigenvalue weighted by molar-refractivity contribution is 0.458. The molecule has 0 amide bonds. The Kier molecular flexibility index (Phi) is 7.04. The van der Waals surface area contributed by atoms with Gasteiger partial charge in [0.15, 0.2) is 0 Å². The second-order valence-electron chi connectivity index (χ2n) is 20.7. The van der Waals surface area contributed by atoms with Gasteiger partial charge in [-0.2, -0.15) is 0 Å². The minimum atomic E-state index is -0.193. The Morgan fingerprint density at radius 1 is 0.203 bits per heavy atom. The molecule has 0 aliphatic heterocycles. The molecule has 0 aromatic heterocycles. The number of benzene rings is 9. The van der Waals surface area contributed by atoms with Gasteiger partial charge in [0.2, 0.25) is 0 Å². The highest BCUT2D eigenvalue weighted by Gasteiger charge is 2.46. The fourth-order valence-electron chi connectivity index (χ4n) is 14.6. The molecular weight excluding hydrogens is 853 g/mol. The van der Waals surface area contributed by atoms with E-state index in [2.05, 4.69) is 109 Å². The van der Waals surface area contributed by atoms with Crippen molar-refractivity contribution in [2.24, 2.45) is 0 Å². The van der Waals surface area contributed by atoms with Crippen molar-refractivity contribution in [2.45, 2.75) is 54.8 Å². The second-order valence-corrected chi connectivity index (χ2v) is 20.7. The van der Waals surface area contributed by atoms with Gasteiger partial charge in [-0.05, 0) is 170 Å². The second kappa shape index (κ2) is 12.9. The van der Waals surface area contributed by atoms with E-state index in [0.29, 0.717) is 52.6 Å². The fourth-order valence-corrected chi connectivity index (χ4v) is 14.6. The summed E-state index contributed by atoms with van der Waals surface area (Å²) in [5, 5.41) is 72.2.